The van der Waals surface area contributed by atoms with E-state index in [1.807, 2.05) is 5.32 Å². The molecule has 0 aliphatic carbocycles. The van der Waals surface area contributed by atoms with E-state index in [0.29, 0.717) is 0 Å². The van der Waals surface area contributed by atoms with Crippen LogP contribution in [0.3, 0.4) is 0 Å². The van der Waals surface area contributed by atoms with Crippen LogP contribution in [0.4, 0.5) is 14.5 Å². The second-order valence-corrected chi connectivity index (χ2v) is 3.75. The highest BCUT2D eigenvalue weighted by atomic mass is 35.5. The molecule has 1 aromatic rings. The van der Waals surface area contributed by atoms with Crippen LogP contribution in [-0.2, 0) is 0 Å². The van der Waals surface area contributed by atoms with Gasteiger partial charge in [-0.15, -0.1) is 0 Å². The molecule has 0 spiro atoms. The van der Waals surface area contributed by atoms with Crippen molar-refractivity contribution in [3.05, 3.63) is 27.7 Å². The molecule has 0 atom stereocenters. The summed E-state index contributed by atoms with van der Waals surface area (Å²) in [6.07, 6.45) is -2.61. The quantitative estimate of drug-likeness (QED) is 0.828. The topological polar surface area (TPSA) is 55.1 Å². The summed E-state index contributed by atoms with van der Waals surface area (Å²) in [4.78, 5) is 11.4. The maximum atomic E-state index is 11.8. The number of nitrogen functional groups attached to an aromatic ring is 1. The van der Waals surface area contributed by atoms with Crippen molar-refractivity contribution in [3.8, 4) is 0 Å². The van der Waals surface area contributed by atoms with Crippen molar-refractivity contribution < 1.29 is 13.6 Å². The maximum absolute atomic E-state index is 11.8. The summed E-state index contributed by atoms with van der Waals surface area (Å²) in [5, 5.41) is 2.26. The lowest BCUT2D eigenvalue weighted by Gasteiger charge is -2.07. The zero-order valence-corrected chi connectivity index (χ0v) is 9.45. The lowest BCUT2D eigenvalue weighted by molar-refractivity contribution is 0.0892. The predicted octanol–water partition coefficient (Wildman–Crippen LogP) is 2.57. The van der Waals surface area contributed by atoms with Crippen LogP contribution in [0.1, 0.15) is 10.4 Å². The van der Waals surface area contributed by atoms with Crippen molar-refractivity contribution >= 4 is 34.8 Å². The summed E-state index contributed by atoms with van der Waals surface area (Å²) in [6, 6.07) is 2.54. The van der Waals surface area contributed by atoms with E-state index in [1.54, 1.807) is 0 Å². The van der Waals surface area contributed by atoms with E-state index in [0.717, 1.165) is 0 Å². The first kappa shape index (κ1) is 13.0. The van der Waals surface area contributed by atoms with E-state index < -0.39 is 18.9 Å². The fourth-order valence-electron chi connectivity index (χ4n) is 1.01. The Morgan fingerprint density at radius 2 is 2.06 bits per heavy atom. The molecule has 16 heavy (non-hydrogen) atoms. The molecule has 0 fully saturated rings. The van der Waals surface area contributed by atoms with Crippen LogP contribution >= 0.6 is 23.2 Å². The van der Waals surface area contributed by atoms with Crippen molar-refractivity contribution in [2.45, 2.75) is 6.43 Å². The maximum Gasteiger partial charge on any atom is 0.255 e. The van der Waals surface area contributed by atoms with Crippen LogP contribution in [-0.4, -0.2) is 18.9 Å². The highest BCUT2D eigenvalue weighted by molar-refractivity contribution is 6.43. The number of alkyl halides is 2. The van der Waals surface area contributed by atoms with Gasteiger partial charge in [-0.25, -0.2) is 8.78 Å². The zero-order chi connectivity index (χ0) is 12.3. The molecular weight excluding hydrogens is 261 g/mol. The highest BCUT2D eigenvalue weighted by Gasteiger charge is 2.12. The second-order valence-electron chi connectivity index (χ2n) is 2.96. The Morgan fingerprint density at radius 1 is 1.44 bits per heavy atom. The van der Waals surface area contributed by atoms with Gasteiger partial charge in [0.05, 0.1) is 22.3 Å². The van der Waals surface area contributed by atoms with Crippen LogP contribution in [0.2, 0.25) is 10.0 Å². The molecule has 0 aliphatic heterocycles. The van der Waals surface area contributed by atoms with Crippen LogP contribution in [0.5, 0.6) is 0 Å². The minimum absolute atomic E-state index is 0.0903. The van der Waals surface area contributed by atoms with Crippen molar-refractivity contribution in [2.24, 2.45) is 0 Å². The number of hydrogen-bond acceptors (Lipinski definition) is 2. The number of anilines is 1. The molecule has 0 radical (unpaired) electrons. The molecule has 0 heterocycles. The Balaban J connectivity index is 2.84. The van der Waals surface area contributed by atoms with Gasteiger partial charge >= 0.3 is 0 Å². The molecule has 0 unspecified atom stereocenters. The minimum atomic E-state index is -2.61. The van der Waals surface area contributed by atoms with Gasteiger partial charge in [-0.2, -0.15) is 0 Å². The van der Waals surface area contributed by atoms with Crippen molar-refractivity contribution in [3.63, 3.8) is 0 Å². The molecule has 0 bridgehead atoms. The second kappa shape index (κ2) is 5.32. The lowest BCUT2D eigenvalue weighted by Crippen LogP contribution is -2.28. The van der Waals surface area contributed by atoms with Crippen molar-refractivity contribution in [1.82, 2.24) is 5.32 Å². The van der Waals surface area contributed by atoms with E-state index in [-0.39, 0.29) is 21.3 Å². The standard InChI is InChI=1S/C9H8Cl2F2N2O/c10-5-1-4(2-6(14)8(5)11)9(16)15-3-7(12)13/h1-2,7H,3,14H2,(H,15,16). The number of carbonyl (C=O) groups excluding carboxylic acids is 1. The molecule has 88 valence electrons. The van der Waals surface area contributed by atoms with Crippen molar-refractivity contribution in [2.75, 3.05) is 12.3 Å². The van der Waals surface area contributed by atoms with Gasteiger partial charge in [0.2, 0.25) is 0 Å². The monoisotopic (exact) mass is 268 g/mol. The Labute approximate surface area is 101 Å². The third-order valence-corrected chi connectivity index (χ3v) is 2.55. The molecule has 0 aromatic heterocycles. The number of rotatable bonds is 3. The van der Waals surface area contributed by atoms with Gasteiger partial charge in [-0.05, 0) is 12.1 Å². The average Bonchev–Trinajstić information content (AvgIpc) is 2.21. The first-order chi connectivity index (χ1) is 7.41. The molecule has 1 aromatic carbocycles. The van der Waals surface area contributed by atoms with Gasteiger partial charge in [0.25, 0.3) is 12.3 Å². The van der Waals surface area contributed by atoms with E-state index in [9.17, 15) is 13.6 Å². The number of carbonyl (C=O) groups is 1. The largest absolute Gasteiger partial charge is 0.397 e. The molecule has 3 N–H and O–H groups in total. The summed E-state index contributed by atoms with van der Waals surface area (Å²) in [5.74, 6) is -0.675. The summed E-state index contributed by atoms with van der Waals surface area (Å²) in [6.45, 7) is -0.723. The molecule has 7 heteroatoms. The molecule has 3 nitrogen and oxygen atoms in total. The first-order valence-corrected chi connectivity index (χ1v) is 4.98. The van der Waals surface area contributed by atoms with E-state index in [1.165, 1.54) is 12.1 Å². The van der Waals surface area contributed by atoms with Gasteiger partial charge in [0.15, 0.2) is 0 Å². The van der Waals surface area contributed by atoms with Crippen LogP contribution < -0.4 is 11.1 Å². The number of nitrogens with two attached hydrogens (primary N) is 1. The number of hydrogen-bond donors (Lipinski definition) is 2. The van der Waals surface area contributed by atoms with E-state index in [4.69, 9.17) is 28.9 Å². The van der Waals surface area contributed by atoms with Gasteiger partial charge in [-0.1, -0.05) is 23.2 Å². The SMILES string of the molecule is Nc1cc(C(=O)NCC(F)F)cc(Cl)c1Cl. The van der Waals surface area contributed by atoms with Crippen LogP contribution in [0.15, 0.2) is 12.1 Å². The van der Waals surface area contributed by atoms with Gasteiger partial charge < -0.3 is 11.1 Å². The zero-order valence-electron chi connectivity index (χ0n) is 7.94. The molecule has 1 amide bonds. The number of halogens is 4. The Morgan fingerprint density at radius 3 is 2.56 bits per heavy atom. The lowest BCUT2D eigenvalue weighted by atomic mass is 10.2. The van der Waals surface area contributed by atoms with Crippen molar-refractivity contribution in [1.29, 1.82) is 0 Å². The Bertz CT molecular complexity index is 389. The van der Waals surface area contributed by atoms with Gasteiger partial charge in [-0.3, -0.25) is 4.79 Å². The van der Waals surface area contributed by atoms with Gasteiger partial charge in [0.1, 0.15) is 0 Å². The molecular formula is C9H8Cl2F2N2O. The van der Waals surface area contributed by atoms with E-state index >= 15 is 0 Å². The molecule has 0 saturated carbocycles. The first-order valence-electron chi connectivity index (χ1n) is 4.22. The van der Waals surface area contributed by atoms with Gasteiger partial charge in [0, 0.05) is 5.56 Å². The fourth-order valence-corrected chi connectivity index (χ4v) is 1.35. The summed E-state index contributed by atoms with van der Waals surface area (Å²) >= 11 is 11.4. The number of benzene rings is 1. The minimum Gasteiger partial charge on any atom is -0.397 e. The summed E-state index contributed by atoms with van der Waals surface area (Å²) < 4.78 is 23.7. The number of nitrogens with one attached hydrogen (secondary N) is 1. The molecule has 0 aliphatic rings. The average molecular weight is 269 g/mol. The smallest absolute Gasteiger partial charge is 0.255 e. The molecule has 0 saturated heterocycles. The number of amides is 1. The summed E-state index contributed by atoms with van der Waals surface area (Å²) in [7, 11) is 0. The summed E-state index contributed by atoms with van der Waals surface area (Å²) in [5.41, 5.74) is 5.68. The third kappa shape index (κ3) is 3.21. The van der Waals surface area contributed by atoms with E-state index in [2.05, 4.69) is 0 Å². The molecule has 1 rings (SSSR count). The Kier molecular flexibility index (Phi) is 4.32. The normalized spacial score (nSPS) is 10.6. The fraction of sp³-hybridized carbons (Fsp3) is 0.222. The Hall–Kier alpha value is -1.07. The third-order valence-electron chi connectivity index (χ3n) is 1.74. The highest BCUT2D eigenvalue weighted by Crippen LogP contribution is 2.29. The predicted molar refractivity (Wildman–Crippen MR) is 59.2 cm³/mol. The van der Waals surface area contributed by atoms with Crippen LogP contribution in [0.25, 0.3) is 0 Å². The van der Waals surface area contributed by atoms with Crippen LogP contribution in [0, 0.1) is 0 Å².